The zero-order valence-electron chi connectivity index (χ0n) is 19.3. The van der Waals surface area contributed by atoms with Crippen LogP contribution in [0.25, 0.3) is 10.9 Å². The lowest BCUT2D eigenvalue weighted by Crippen LogP contribution is -2.32. The molecule has 0 fully saturated rings. The predicted octanol–water partition coefficient (Wildman–Crippen LogP) is 2.96. The highest BCUT2D eigenvalue weighted by atomic mass is 16.5. The summed E-state index contributed by atoms with van der Waals surface area (Å²) in [6.07, 6.45) is 2.63. The van der Waals surface area contributed by atoms with Gasteiger partial charge in [0.1, 0.15) is 18.3 Å². The number of aromatic amines is 1. The van der Waals surface area contributed by atoms with Crippen molar-refractivity contribution in [1.29, 1.82) is 0 Å². The van der Waals surface area contributed by atoms with Crippen LogP contribution in [0.2, 0.25) is 0 Å². The normalized spacial score (nSPS) is 15.4. The number of likely N-dealkylation sites (N-methyl/N-ethyl adjacent to an activating group) is 1. The molecular weight excluding hydrogens is 430 g/mol. The van der Waals surface area contributed by atoms with Crippen molar-refractivity contribution in [1.82, 2.24) is 25.1 Å². The van der Waals surface area contributed by atoms with Crippen molar-refractivity contribution in [2.24, 2.45) is 0 Å². The molecule has 4 heterocycles. The highest BCUT2D eigenvalue weighted by Crippen LogP contribution is 2.36. The van der Waals surface area contributed by atoms with Gasteiger partial charge in [-0.1, -0.05) is 6.07 Å². The molecule has 0 unspecified atom stereocenters. The van der Waals surface area contributed by atoms with Gasteiger partial charge in [0, 0.05) is 42.8 Å². The number of nitrogens with one attached hydrogen (secondary N) is 1. The minimum absolute atomic E-state index is 0.181. The van der Waals surface area contributed by atoms with E-state index in [4.69, 9.17) is 14.7 Å². The van der Waals surface area contributed by atoms with E-state index in [1.807, 2.05) is 29.2 Å². The van der Waals surface area contributed by atoms with Gasteiger partial charge in [-0.05, 0) is 54.9 Å². The number of ether oxygens (including phenoxy) is 1. The van der Waals surface area contributed by atoms with Crippen molar-refractivity contribution in [2.45, 2.75) is 26.1 Å². The molecule has 4 aromatic rings. The predicted molar refractivity (Wildman–Crippen MR) is 130 cm³/mol. The average molecular weight is 458 g/mol. The van der Waals surface area contributed by atoms with E-state index in [-0.39, 0.29) is 6.73 Å². The summed E-state index contributed by atoms with van der Waals surface area (Å²) >= 11 is 0. The third-order valence-corrected chi connectivity index (χ3v) is 6.77. The molecule has 174 valence electrons. The molecule has 34 heavy (non-hydrogen) atoms. The van der Waals surface area contributed by atoms with Gasteiger partial charge in [0.2, 0.25) is 5.95 Å². The van der Waals surface area contributed by atoms with Crippen LogP contribution in [-0.2, 0) is 26.1 Å². The second kappa shape index (κ2) is 8.27. The lowest BCUT2D eigenvalue weighted by atomic mass is 10.1. The number of H-pyrrole nitrogens is 1. The fourth-order valence-electron chi connectivity index (χ4n) is 4.90. The van der Waals surface area contributed by atoms with E-state index in [9.17, 15) is 5.11 Å². The number of aliphatic hydroxyl groups excluding tert-OH is 1. The molecule has 2 aromatic heterocycles. The first-order chi connectivity index (χ1) is 16.6. The molecule has 9 nitrogen and oxygen atoms in total. The summed E-state index contributed by atoms with van der Waals surface area (Å²) in [5.74, 6) is 2.31. The molecule has 0 atom stereocenters. The number of anilines is 3. The van der Waals surface area contributed by atoms with Gasteiger partial charge in [-0.3, -0.25) is 5.10 Å². The van der Waals surface area contributed by atoms with Gasteiger partial charge < -0.3 is 24.5 Å². The summed E-state index contributed by atoms with van der Waals surface area (Å²) in [6, 6.07) is 12.2. The molecule has 0 spiro atoms. The van der Waals surface area contributed by atoms with Crippen LogP contribution in [0.1, 0.15) is 22.4 Å². The first-order valence-electron chi connectivity index (χ1n) is 11.4. The highest BCUT2D eigenvalue weighted by Gasteiger charge is 2.28. The minimum atomic E-state index is -0.181. The smallest absolute Gasteiger partial charge is 0.228 e. The van der Waals surface area contributed by atoms with Gasteiger partial charge in [-0.25, -0.2) is 4.98 Å². The second-order valence-electron chi connectivity index (χ2n) is 8.96. The molecule has 0 radical (unpaired) electrons. The number of methoxy groups -OCH3 is 1. The average Bonchev–Trinajstić information content (AvgIpc) is 3.50. The fourth-order valence-corrected chi connectivity index (χ4v) is 4.90. The maximum atomic E-state index is 10.5. The van der Waals surface area contributed by atoms with Crippen LogP contribution in [0.3, 0.4) is 0 Å². The van der Waals surface area contributed by atoms with Gasteiger partial charge in [-0.15, -0.1) is 0 Å². The van der Waals surface area contributed by atoms with Crippen LogP contribution in [0, 0.1) is 0 Å². The number of rotatable bonds is 5. The van der Waals surface area contributed by atoms with E-state index in [1.165, 1.54) is 11.1 Å². The standard InChI is InChI=1S/C25H27N7O2/c1-30-8-7-21-23(14-30)27-25(31-12-16-3-5-20(34-2)10-18(16)13-31)28-24(21)32(15-33)19-4-6-22-17(9-19)11-26-29-22/h3-6,9-11,33H,7-8,12-15H2,1-2H3,(H,26,29). The van der Waals surface area contributed by atoms with E-state index in [1.54, 1.807) is 13.3 Å². The van der Waals surface area contributed by atoms with Crippen LogP contribution in [0.4, 0.5) is 17.5 Å². The number of hydrogen-bond acceptors (Lipinski definition) is 8. The zero-order valence-corrected chi connectivity index (χ0v) is 19.3. The third kappa shape index (κ3) is 3.53. The third-order valence-electron chi connectivity index (χ3n) is 6.77. The highest BCUT2D eigenvalue weighted by molar-refractivity contribution is 5.83. The molecule has 0 amide bonds. The Labute approximate surface area is 197 Å². The first-order valence-corrected chi connectivity index (χ1v) is 11.4. The zero-order chi connectivity index (χ0) is 23.2. The molecule has 2 aliphatic heterocycles. The molecule has 2 N–H and O–H groups in total. The molecule has 2 aromatic carbocycles. The quantitative estimate of drug-likeness (QED) is 0.442. The van der Waals surface area contributed by atoms with Gasteiger partial charge in [0.15, 0.2) is 0 Å². The van der Waals surface area contributed by atoms with E-state index in [0.717, 1.165) is 72.0 Å². The second-order valence-corrected chi connectivity index (χ2v) is 8.96. The molecule has 0 aliphatic carbocycles. The van der Waals surface area contributed by atoms with E-state index in [2.05, 4.69) is 39.2 Å². The molecule has 2 aliphatic rings. The summed E-state index contributed by atoms with van der Waals surface area (Å²) in [4.78, 5) is 16.4. The van der Waals surface area contributed by atoms with E-state index < -0.39 is 0 Å². The SMILES string of the molecule is COc1ccc2c(c1)CN(c1nc3c(c(N(CO)c4ccc5[nH]ncc5c4)n1)CCN(C)C3)C2. The Morgan fingerprint density at radius 2 is 1.97 bits per heavy atom. The first kappa shape index (κ1) is 20.9. The molecule has 6 rings (SSSR count). The van der Waals surface area contributed by atoms with Gasteiger partial charge >= 0.3 is 0 Å². The van der Waals surface area contributed by atoms with Crippen molar-refractivity contribution in [2.75, 3.05) is 37.2 Å². The van der Waals surface area contributed by atoms with Crippen LogP contribution in [0.5, 0.6) is 5.75 Å². The number of fused-ring (bicyclic) bond motifs is 3. The maximum absolute atomic E-state index is 10.5. The maximum Gasteiger partial charge on any atom is 0.228 e. The summed E-state index contributed by atoms with van der Waals surface area (Å²) in [7, 11) is 3.80. The Kier molecular flexibility index (Phi) is 5.08. The van der Waals surface area contributed by atoms with Gasteiger partial charge in [-0.2, -0.15) is 10.1 Å². The van der Waals surface area contributed by atoms with Crippen molar-refractivity contribution in [3.8, 4) is 5.75 Å². The van der Waals surface area contributed by atoms with Gasteiger partial charge in [0.05, 0.1) is 24.5 Å². The van der Waals surface area contributed by atoms with Crippen LogP contribution in [-0.4, -0.2) is 57.6 Å². The molecule has 0 saturated heterocycles. The number of benzene rings is 2. The number of aromatic nitrogens is 4. The summed E-state index contributed by atoms with van der Waals surface area (Å²) in [5, 5.41) is 18.6. The largest absolute Gasteiger partial charge is 0.497 e. The Hall–Kier alpha value is -3.69. The van der Waals surface area contributed by atoms with Crippen molar-refractivity contribution >= 4 is 28.4 Å². The minimum Gasteiger partial charge on any atom is -0.497 e. The topological polar surface area (TPSA) is 93.6 Å². The summed E-state index contributed by atoms with van der Waals surface area (Å²) in [5.41, 5.74) is 6.43. The fraction of sp³-hybridized carbons (Fsp3) is 0.320. The van der Waals surface area contributed by atoms with Crippen LogP contribution < -0.4 is 14.5 Å². The Balaban J connectivity index is 1.43. The van der Waals surface area contributed by atoms with E-state index in [0.29, 0.717) is 5.95 Å². The summed E-state index contributed by atoms with van der Waals surface area (Å²) in [6.45, 7) is 2.97. The number of nitrogens with zero attached hydrogens (tertiary/aromatic N) is 6. The van der Waals surface area contributed by atoms with Crippen molar-refractivity contribution < 1.29 is 9.84 Å². The molecule has 9 heteroatoms. The number of aliphatic hydroxyl groups is 1. The summed E-state index contributed by atoms with van der Waals surface area (Å²) < 4.78 is 5.41. The Morgan fingerprint density at radius 1 is 1.09 bits per heavy atom. The number of hydrogen-bond donors (Lipinski definition) is 2. The Morgan fingerprint density at radius 3 is 2.82 bits per heavy atom. The van der Waals surface area contributed by atoms with Crippen LogP contribution in [0.15, 0.2) is 42.6 Å². The molecule has 0 saturated carbocycles. The van der Waals surface area contributed by atoms with Gasteiger partial charge in [0.25, 0.3) is 0 Å². The molecular formula is C25H27N7O2. The lowest BCUT2D eigenvalue weighted by molar-refractivity contribution is 0.297. The van der Waals surface area contributed by atoms with E-state index >= 15 is 0 Å². The van der Waals surface area contributed by atoms with Crippen LogP contribution >= 0.6 is 0 Å². The van der Waals surface area contributed by atoms with Crippen molar-refractivity contribution in [3.05, 3.63) is 65.0 Å². The monoisotopic (exact) mass is 457 g/mol. The van der Waals surface area contributed by atoms with Crippen molar-refractivity contribution in [3.63, 3.8) is 0 Å². The molecule has 0 bridgehead atoms. The Bertz CT molecular complexity index is 1370. The lowest BCUT2D eigenvalue weighted by Gasteiger charge is -2.31.